The topological polar surface area (TPSA) is 59.0 Å². The van der Waals surface area contributed by atoms with Gasteiger partial charge < -0.3 is 4.74 Å². The van der Waals surface area contributed by atoms with Crippen LogP contribution in [0.1, 0.15) is 44.3 Å². The minimum atomic E-state index is -0.605. The predicted molar refractivity (Wildman–Crippen MR) is 123 cm³/mol. The average Bonchev–Trinajstić information content (AvgIpc) is 3.28. The molecule has 6 rings (SSSR count). The van der Waals surface area contributed by atoms with Crippen LogP contribution in [0.3, 0.4) is 0 Å². The van der Waals surface area contributed by atoms with Gasteiger partial charge in [0.15, 0.2) is 0 Å². The molecule has 154 valence electrons. The summed E-state index contributed by atoms with van der Waals surface area (Å²) in [7, 11) is 0. The number of para-hydroxylation sites is 1. The highest BCUT2D eigenvalue weighted by Crippen LogP contribution is 2.39. The van der Waals surface area contributed by atoms with E-state index in [9.17, 15) is 9.59 Å². The van der Waals surface area contributed by atoms with Crippen LogP contribution in [0.2, 0.25) is 0 Å². The van der Waals surface area contributed by atoms with Crippen molar-refractivity contribution >= 4 is 34.1 Å². The number of hydrogen-bond donors (Lipinski definition) is 0. The first-order valence-corrected chi connectivity index (χ1v) is 10.5. The molecule has 0 aliphatic carbocycles. The molecule has 0 saturated heterocycles. The Kier molecular flexibility index (Phi) is 4.15. The van der Waals surface area contributed by atoms with Crippen LogP contribution in [0.15, 0.2) is 96.1 Å². The molecule has 0 radical (unpaired) electrons. The van der Waals surface area contributed by atoms with E-state index in [1.807, 2.05) is 54.6 Å². The van der Waals surface area contributed by atoms with Crippen LogP contribution < -0.4 is 5.01 Å². The van der Waals surface area contributed by atoms with Crippen molar-refractivity contribution in [1.29, 1.82) is 0 Å². The van der Waals surface area contributed by atoms with E-state index in [1.54, 1.807) is 12.1 Å². The Hall–Kier alpha value is -4.25. The molecule has 1 atom stereocenters. The van der Waals surface area contributed by atoms with E-state index >= 15 is 0 Å². The van der Waals surface area contributed by atoms with E-state index in [0.29, 0.717) is 22.9 Å². The molecule has 32 heavy (non-hydrogen) atoms. The molecule has 1 unspecified atom stereocenters. The monoisotopic (exact) mass is 418 g/mol. The van der Waals surface area contributed by atoms with Gasteiger partial charge in [0, 0.05) is 17.4 Å². The van der Waals surface area contributed by atoms with Crippen LogP contribution in [0.25, 0.3) is 10.8 Å². The molecule has 4 aromatic carbocycles. The van der Waals surface area contributed by atoms with E-state index in [-0.39, 0.29) is 6.04 Å². The molecule has 0 spiro atoms. The summed E-state index contributed by atoms with van der Waals surface area (Å²) in [5.41, 5.74) is 4.86. The first kappa shape index (κ1) is 18.5. The maximum atomic E-state index is 12.3. The van der Waals surface area contributed by atoms with Crippen molar-refractivity contribution in [3.05, 3.63) is 113 Å². The van der Waals surface area contributed by atoms with Gasteiger partial charge in [-0.1, -0.05) is 66.7 Å². The summed E-state index contributed by atoms with van der Waals surface area (Å²) in [6.07, 6.45) is 0.704. The smallest absolute Gasteiger partial charge is 0.346 e. The third-order valence-corrected chi connectivity index (χ3v) is 6.09. The van der Waals surface area contributed by atoms with Crippen molar-refractivity contribution in [2.24, 2.45) is 5.10 Å². The summed E-state index contributed by atoms with van der Waals surface area (Å²) in [6.45, 7) is 0. The lowest BCUT2D eigenvalue weighted by molar-refractivity contribution is 0.0391. The van der Waals surface area contributed by atoms with Crippen LogP contribution in [-0.4, -0.2) is 17.7 Å². The molecule has 0 aromatic heterocycles. The summed E-state index contributed by atoms with van der Waals surface area (Å²) in [5.74, 6) is -1.21. The second-order valence-corrected chi connectivity index (χ2v) is 7.92. The molecule has 0 fully saturated rings. The summed E-state index contributed by atoms with van der Waals surface area (Å²) >= 11 is 0. The van der Waals surface area contributed by atoms with Gasteiger partial charge in [0.2, 0.25) is 0 Å². The standard InChI is InChI=1S/C27H18N2O3/c30-26-21-13-7-12-20-19(14-15-22(25(20)21)27(31)32-26)23-16-24(17-8-3-1-4-9-17)29(28-23)18-10-5-2-6-11-18/h1-15,24H,16H2. The molecular formula is C27H18N2O3. The van der Waals surface area contributed by atoms with E-state index in [2.05, 4.69) is 29.3 Å². The first-order valence-electron chi connectivity index (χ1n) is 10.5. The van der Waals surface area contributed by atoms with Gasteiger partial charge in [-0.25, -0.2) is 9.59 Å². The molecule has 0 bridgehead atoms. The van der Waals surface area contributed by atoms with Gasteiger partial charge in [-0.2, -0.15) is 5.10 Å². The van der Waals surface area contributed by atoms with Gasteiger partial charge in [-0.3, -0.25) is 5.01 Å². The van der Waals surface area contributed by atoms with Crippen molar-refractivity contribution in [1.82, 2.24) is 0 Å². The van der Waals surface area contributed by atoms with Crippen LogP contribution in [0.5, 0.6) is 0 Å². The quantitative estimate of drug-likeness (QED) is 0.325. The van der Waals surface area contributed by atoms with Crippen molar-refractivity contribution in [3.8, 4) is 0 Å². The third kappa shape index (κ3) is 2.82. The van der Waals surface area contributed by atoms with Gasteiger partial charge >= 0.3 is 11.9 Å². The largest absolute Gasteiger partial charge is 0.386 e. The molecule has 4 aromatic rings. The molecule has 2 heterocycles. The van der Waals surface area contributed by atoms with Gasteiger partial charge in [0.1, 0.15) is 0 Å². The zero-order valence-electron chi connectivity index (χ0n) is 17.1. The number of hydrazone groups is 1. The number of hydrogen-bond acceptors (Lipinski definition) is 5. The fourth-order valence-electron chi connectivity index (χ4n) is 4.62. The molecule has 0 saturated carbocycles. The summed E-state index contributed by atoms with van der Waals surface area (Å²) in [4.78, 5) is 24.6. The van der Waals surface area contributed by atoms with E-state index < -0.39 is 11.9 Å². The number of anilines is 1. The number of benzene rings is 4. The van der Waals surface area contributed by atoms with Crippen molar-refractivity contribution in [3.63, 3.8) is 0 Å². The minimum Gasteiger partial charge on any atom is -0.386 e. The molecule has 2 aliphatic heterocycles. The number of esters is 2. The zero-order chi connectivity index (χ0) is 21.7. The highest BCUT2D eigenvalue weighted by molar-refractivity contribution is 6.24. The van der Waals surface area contributed by atoms with Crippen molar-refractivity contribution < 1.29 is 14.3 Å². The number of rotatable bonds is 3. The number of cyclic esters (lactones) is 2. The lowest BCUT2D eigenvalue weighted by Gasteiger charge is -2.23. The van der Waals surface area contributed by atoms with Gasteiger partial charge in [0.05, 0.1) is 28.6 Å². The summed E-state index contributed by atoms with van der Waals surface area (Å²) in [6, 6.07) is 29.6. The van der Waals surface area contributed by atoms with E-state index in [0.717, 1.165) is 22.3 Å². The molecule has 5 heteroatoms. The van der Waals surface area contributed by atoms with Crippen LogP contribution in [0, 0.1) is 0 Å². The van der Waals surface area contributed by atoms with Gasteiger partial charge in [-0.15, -0.1) is 0 Å². The minimum absolute atomic E-state index is 0.0472. The third-order valence-electron chi connectivity index (χ3n) is 6.09. The number of ether oxygens (including phenoxy) is 1. The zero-order valence-corrected chi connectivity index (χ0v) is 17.1. The number of carbonyl (C=O) groups is 2. The Balaban J connectivity index is 1.53. The fourth-order valence-corrected chi connectivity index (χ4v) is 4.62. The lowest BCUT2D eigenvalue weighted by atomic mass is 9.90. The van der Waals surface area contributed by atoms with Crippen molar-refractivity contribution in [2.75, 3.05) is 5.01 Å². The second-order valence-electron chi connectivity index (χ2n) is 7.92. The molecule has 2 aliphatic rings. The Morgan fingerprint density at radius 1 is 0.719 bits per heavy atom. The average molecular weight is 418 g/mol. The highest BCUT2D eigenvalue weighted by Gasteiger charge is 2.33. The summed E-state index contributed by atoms with van der Waals surface area (Å²) < 4.78 is 4.90. The second kappa shape index (κ2) is 7.17. The molecule has 0 N–H and O–H groups in total. The molecule has 5 nitrogen and oxygen atoms in total. The number of nitrogens with zero attached hydrogens (tertiary/aromatic N) is 2. The van der Waals surface area contributed by atoms with Crippen LogP contribution in [-0.2, 0) is 4.74 Å². The maximum Gasteiger partial charge on any atom is 0.346 e. The van der Waals surface area contributed by atoms with Crippen LogP contribution in [0.4, 0.5) is 5.69 Å². The lowest BCUT2D eigenvalue weighted by Crippen LogP contribution is -2.20. The Bertz CT molecular complexity index is 1390. The maximum absolute atomic E-state index is 12.3. The van der Waals surface area contributed by atoms with E-state index in [1.165, 1.54) is 5.56 Å². The van der Waals surface area contributed by atoms with Gasteiger partial charge in [0.25, 0.3) is 0 Å². The SMILES string of the molecule is O=C1OC(=O)c2ccc(C3=NN(c4ccccc4)C(c4ccccc4)C3)c3cccc1c23. The Labute approximate surface area is 184 Å². The predicted octanol–water partition coefficient (Wildman–Crippen LogP) is 5.51. The highest BCUT2D eigenvalue weighted by atomic mass is 16.6. The fraction of sp³-hybridized carbons (Fsp3) is 0.0741. The number of carbonyl (C=O) groups excluding carboxylic acids is 2. The molecule has 0 amide bonds. The Morgan fingerprint density at radius 3 is 2.12 bits per heavy atom. The first-order chi connectivity index (χ1) is 15.7. The van der Waals surface area contributed by atoms with Gasteiger partial charge in [-0.05, 0) is 35.2 Å². The molecular weight excluding hydrogens is 400 g/mol. The van der Waals surface area contributed by atoms with E-state index in [4.69, 9.17) is 9.84 Å². The summed E-state index contributed by atoms with van der Waals surface area (Å²) in [5, 5.41) is 8.56. The van der Waals surface area contributed by atoms with Crippen LogP contribution >= 0.6 is 0 Å². The Morgan fingerprint density at radius 2 is 1.38 bits per heavy atom. The normalized spacial score (nSPS) is 17.4. The van der Waals surface area contributed by atoms with Crippen molar-refractivity contribution in [2.45, 2.75) is 12.5 Å².